The van der Waals surface area contributed by atoms with E-state index in [1.54, 1.807) is 6.20 Å². The molecule has 34 heavy (non-hydrogen) atoms. The lowest BCUT2D eigenvalue weighted by Crippen LogP contribution is -2.53. The van der Waals surface area contributed by atoms with Crippen molar-refractivity contribution in [3.63, 3.8) is 0 Å². The van der Waals surface area contributed by atoms with Crippen molar-refractivity contribution in [2.24, 2.45) is 22.1 Å². The molecule has 2 aromatic heterocycles. The van der Waals surface area contributed by atoms with Gasteiger partial charge in [0.15, 0.2) is 0 Å². The Kier molecular flexibility index (Phi) is 5.39. The molecule has 2 fully saturated rings. The third-order valence-corrected chi connectivity index (χ3v) is 7.60. The molecule has 180 valence electrons. The van der Waals surface area contributed by atoms with Crippen LogP contribution in [0.5, 0.6) is 5.88 Å². The van der Waals surface area contributed by atoms with E-state index in [0.717, 1.165) is 35.6 Å². The molecule has 5 rings (SSSR count). The minimum absolute atomic E-state index is 0.206. The van der Waals surface area contributed by atoms with Gasteiger partial charge in [-0.15, -0.1) is 0 Å². The molecule has 3 N–H and O–H groups in total. The number of pyridine rings is 2. The standard InChI is InChI=1S/C26H33N5O3/c1-6-26(5,27)19-13-29-23(34-15-7-8-15)18-12-28-21(11-17(18)19)30-20-10-9-16-22(31-20)25(3,4)14(2)33-24(16)32/h9-16,22H,6-8,27H2,1-5H3,(H,28,30,31)/t14-,16?,22?,26?/m1/s1. The molecule has 4 atom stereocenters. The summed E-state index contributed by atoms with van der Waals surface area (Å²) < 4.78 is 11.6. The summed E-state index contributed by atoms with van der Waals surface area (Å²) in [6.07, 6.45) is 10.2. The lowest BCUT2D eigenvalue weighted by Gasteiger charge is -2.45. The lowest BCUT2D eigenvalue weighted by molar-refractivity contribution is -0.170. The van der Waals surface area contributed by atoms with E-state index >= 15 is 0 Å². The van der Waals surface area contributed by atoms with Crippen LogP contribution in [0.15, 0.2) is 35.6 Å². The number of aromatic nitrogens is 2. The molecule has 8 nitrogen and oxygen atoms in total. The van der Waals surface area contributed by atoms with E-state index in [9.17, 15) is 4.79 Å². The lowest BCUT2D eigenvalue weighted by atomic mass is 9.71. The number of fused-ring (bicyclic) bond motifs is 2. The molecule has 0 aromatic carbocycles. The summed E-state index contributed by atoms with van der Waals surface area (Å²) in [6, 6.07) is 1.78. The Morgan fingerprint density at radius 1 is 1.26 bits per heavy atom. The number of carbonyl (C=O) groups is 1. The highest BCUT2D eigenvalue weighted by Gasteiger charge is 2.49. The van der Waals surface area contributed by atoms with Gasteiger partial charge in [-0.1, -0.05) is 26.8 Å². The van der Waals surface area contributed by atoms with Crippen LogP contribution in [-0.4, -0.2) is 40.0 Å². The summed E-state index contributed by atoms with van der Waals surface area (Å²) in [5.41, 5.74) is 6.75. The second kappa shape index (κ2) is 8.05. The van der Waals surface area contributed by atoms with Crippen LogP contribution in [0.4, 0.5) is 5.82 Å². The average Bonchev–Trinajstić information content (AvgIpc) is 3.62. The fourth-order valence-electron chi connectivity index (χ4n) is 4.52. The van der Waals surface area contributed by atoms with Crippen molar-refractivity contribution in [2.75, 3.05) is 5.32 Å². The molecule has 1 saturated heterocycles. The Morgan fingerprint density at radius 3 is 2.74 bits per heavy atom. The predicted molar refractivity (Wildman–Crippen MR) is 132 cm³/mol. The summed E-state index contributed by atoms with van der Waals surface area (Å²) in [4.78, 5) is 26.5. The van der Waals surface area contributed by atoms with E-state index in [1.807, 2.05) is 38.3 Å². The van der Waals surface area contributed by atoms with Crippen LogP contribution in [0.2, 0.25) is 0 Å². The fraction of sp³-hybridized carbons (Fsp3) is 0.538. The molecule has 1 saturated carbocycles. The van der Waals surface area contributed by atoms with Crippen LogP contribution in [-0.2, 0) is 15.1 Å². The van der Waals surface area contributed by atoms with E-state index in [-0.39, 0.29) is 35.6 Å². The van der Waals surface area contributed by atoms with Crippen molar-refractivity contribution in [3.05, 3.63) is 36.2 Å². The highest BCUT2D eigenvalue weighted by Crippen LogP contribution is 2.41. The zero-order valence-corrected chi connectivity index (χ0v) is 20.5. The number of nitrogens with two attached hydrogens (primary N) is 1. The highest BCUT2D eigenvalue weighted by atomic mass is 16.5. The van der Waals surface area contributed by atoms with Gasteiger partial charge < -0.3 is 20.5 Å². The molecule has 2 aromatic rings. The number of carbonyl (C=O) groups excluding carboxylic acids is 1. The molecule has 0 radical (unpaired) electrons. The second-order valence-electron chi connectivity index (χ2n) is 10.5. The third kappa shape index (κ3) is 3.94. The predicted octanol–water partition coefficient (Wildman–Crippen LogP) is 4.09. The number of nitrogens with zero attached hydrogens (tertiary/aromatic N) is 3. The number of aliphatic imine (C=N–C) groups is 1. The normalized spacial score (nSPS) is 27.4. The minimum atomic E-state index is -0.542. The minimum Gasteiger partial charge on any atom is -0.474 e. The smallest absolute Gasteiger partial charge is 0.315 e. The number of cyclic esters (lactones) is 1. The molecule has 4 heterocycles. The number of hydrogen-bond donors (Lipinski definition) is 2. The number of dihydropyridines is 1. The van der Waals surface area contributed by atoms with Gasteiger partial charge in [-0.25, -0.2) is 9.97 Å². The second-order valence-corrected chi connectivity index (χ2v) is 10.5. The maximum absolute atomic E-state index is 12.4. The topological polar surface area (TPSA) is 112 Å². The highest BCUT2D eigenvalue weighted by molar-refractivity contribution is 6.05. The number of anilines is 1. The summed E-state index contributed by atoms with van der Waals surface area (Å²) in [7, 11) is 0. The Hall–Kier alpha value is -3.00. The molecular weight excluding hydrogens is 430 g/mol. The molecule has 1 aliphatic carbocycles. The number of amidine groups is 1. The first-order valence-corrected chi connectivity index (χ1v) is 12.1. The Balaban J connectivity index is 1.51. The number of nitrogens with one attached hydrogen (secondary N) is 1. The van der Waals surface area contributed by atoms with Gasteiger partial charge in [0.05, 0.1) is 17.3 Å². The van der Waals surface area contributed by atoms with Crippen LogP contribution < -0.4 is 15.8 Å². The van der Waals surface area contributed by atoms with Crippen LogP contribution in [0.25, 0.3) is 10.8 Å². The van der Waals surface area contributed by atoms with Crippen molar-refractivity contribution in [1.29, 1.82) is 0 Å². The van der Waals surface area contributed by atoms with Gasteiger partial charge >= 0.3 is 5.97 Å². The number of hydrogen-bond acceptors (Lipinski definition) is 8. The van der Waals surface area contributed by atoms with E-state index in [4.69, 9.17) is 20.2 Å². The first-order chi connectivity index (χ1) is 16.1. The van der Waals surface area contributed by atoms with Crippen molar-refractivity contribution >= 4 is 28.4 Å². The van der Waals surface area contributed by atoms with Crippen LogP contribution in [0.1, 0.15) is 59.4 Å². The Morgan fingerprint density at radius 2 is 2.03 bits per heavy atom. The molecule has 8 heteroatoms. The van der Waals surface area contributed by atoms with Gasteiger partial charge in [-0.3, -0.25) is 9.79 Å². The van der Waals surface area contributed by atoms with Crippen LogP contribution in [0, 0.1) is 11.3 Å². The van der Waals surface area contributed by atoms with E-state index in [1.165, 1.54) is 0 Å². The zero-order chi connectivity index (χ0) is 24.3. The monoisotopic (exact) mass is 463 g/mol. The molecule has 0 amide bonds. The van der Waals surface area contributed by atoms with Crippen molar-refractivity contribution in [3.8, 4) is 5.88 Å². The molecule has 0 spiro atoms. The fourth-order valence-corrected chi connectivity index (χ4v) is 4.52. The van der Waals surface area contributed by atoms with Gasteiger partial charge in [-0.05, 0) is 56.2 Å². The van der Waals surface area contributed by atoms with Crippen molar-refractivity contribution in [2.45, 2.75) is 77.7 Å². The van der Waals surface area contributed by atoms with Gasteiger partial charge in [0.2, 0.25) is 5.88 Å². The van der Waals surface area contributed by atoms with Gasteiger partial charge in [0, 0.05) is 23.3 Å². The molecule has 3 unspecified atom stereocenters. The van der Waals surface area contributed by atoms with Crippen LogP contribution >= 0.6 is 0 Å². The van der Waals surface area contributed by atoms with Gasteiger partial charge in [0.1, 0.15) is 23.9 Å². The molecule has 3 aliphatic rings. The quantitative estimate of drug-likeness (QED) is 0.642. The maximum Gasteiger partial charge on any atom is 0.315 e. The van der Waals surface area contributed by atoms with Crippen molar-refractivity contribution in [1.82, 2.24) is 9.97 Å². The summed E-state index contributed by atoms with van der Waals surface area (Å²) in [5, 5.41) is 5.16. The maximum atomic E-state index is 12.4. The van der Waals surface area contributed by atoms with Crippen LogP contribution in [0.3, 0.4) is 0 Å². The van der Waals surface area contributed by atoms with Crippen molar-refractivity contribution < 1.29 is 14.3 Å². The van der Waals surface area contributed by atoms with E-state index in [0.29, 0.717) is 17.5 Å². The van der Waals surface area contributed by atoms with E-state index < -0.39 is 5.54 Å². The van der Waals surface area contributed by atoms with E-state index in [2.05, 4.69) is 36.1 Å². The first-order valence-electron chi connectivity index (χ1n) is 12.1. The number of ether oxygens (including phenoxy) is 2. The number of esters is 1. The largest absolute Gasteiger partial charge is 0.474 e. The third-order valence-electron chi connectivity index (χ3n) is 7.60. The molecular formula is C26H33N5O3. The average molecular weight is 464 g/mol. The Labute approximate surface area is 200 Å². The SMILES string of the molecule is CCC(C)(N)c1cnc(OC2CC2)c2cnc(NC3=NC4C(C=C3)C(=O)O[C@H](C)C4(C)C)cc12. The van der Waals surface area contributed by atoms with Gasteiger partial charge in [-0.2, -0.15) is 0 Å². The summed E-state index contributed by atoms with van der Waals surface area (Å²) >= 11 is 0. The number of rotatable bonds is 5. The Bertz CT molecular complexity index is 1200. The summed E-state index contributed by atoms with van der Waals surface area (Å²) in [5.74, 6) is 1.32. The molecule has 2 aliphatic heterocycles. The summed E-state index contributed by atoms with van der Waals surface area (Å²) in [6.45, 7) is 10.2. The molecule has 0 bridgehead atoms. The first kappa shape index (κ1) is 22.8. The van der Waals surface area contributed by atoms with Gasteiger partial charge in [0.25, 0.3) is 0 Å². The zero-order valence-electron chi connectivity index (χ0n) is 20.5.